The van der Waals surface area contributed by atoms with E-state index in [-0.39, 0.29) is 5.84 Å². The summed E-state index contributed by atoms with van der Waals surface area (Å²) in [7, 11) is 0. The van der Waals surface area contributed by atoms with Crippen molar-refractivity contribution in [1.82, 2.24) is 4.98 Å². The average Bonchev–Trinajstić information content (AvgIpc) is 2.41. The molecule has 0 aliphatic heterocycles. The topological polar surface area (TPSA) is 81.2 Å². The van der Waals surface area contributed by atoms with Gasteiger partial charge in [0.25, 0.3) is 0 Å². The van der Waals surface area contributed by atoms with Crippen LogP contribution in [0.5, 0.6) is 17.2 Å². The van der Waals surface area contributed by atoms with Gasteiger partial charge in [-0.3, -0.25) is 10.4 Å². The number of nitrogens with two attached hydrogens (primary N) is 1. The second kappa shape index (κ2) is 5.86. The molecule has 1 heterocycles. The monoisotopic (exact) mass is 257 g/mol. The Morgan fingerprint density at radius 1 is 1.26 bits per heavy atom. The molecule has 1 aromatic heterocycles. The van der Waals surface area contributed by atoms with Crippen LogP contribution in [0.2, 0.25) is 0 Å². The van der Waals surface area contributed by atoms with Gasteiger partial charge in [-0.2, -0.15) is 0 Å². The van der Waals surface area contributed by atoms with Crippen molar-refractivity contribution >= 4 is 5.84 Å². The summed E-state index contributed by atoms with van der Waals surface area (Å²) in [6, 6.07) is 10.7. The molecule has 98 valence electrons. The van der Waals surface area contributed by atoms with Crippen LogP contribution in [0.25, 0.3) is 0 Å². The molecule has 0 aliphatic carbocycles. The van der Waals surface area contributed by atoms with Crippen LogP contribution in [0.3, 0.4) is 0 Å². The van der Waals surface area contributed by atoms with Crippen LogP contribution in [-0.2, 0) is 0 Å². The number of nitrogens with one attached hydrogen (secondary N) is 1. The predicted molar refractivity (Wildman–Crippen MR) is 72.9 cm³/mol. The van der Waals surface area contributed by atoms with Crippen LogP contribution >= 0.6 is 0 Å². The number of benzene rings is 1. The van der Waals surface area contributed by atoms with E-state index in [9.17, 15) is 0 Å². The zero-order chi connectivity index (χ0) is 13.7. The first-order valence-corrected chi connectivity index (χ1v) is 5.91. The largest absolute Gasteiger partial charge is 0.490 e. The van der Waals surface area contributed by atoms with Crippen molar-refractivity contribution in [3.63, 3.8) is 0 Å². The zero-order valence-corrected chi connectivity index (χ0v) is 10.6. The van der Waals surface area contributed by atoms with E-state index in [0.717, 1.165) is 0 Å². The van der Waals surface area contributed by atoms with Gasteiger partial charge >= 0.3 is 0 Å². The summed E-state index contributed by atoms with van der Waals surface area (Å²) in [6.45, 7) is 2.48. The standard InChI is InChI=1S/C14H15N3O2/c1-2-18-12-5-3-4-6-13(12)19-10-7-8-17-11(9-10)14(15)16/h3-9H,2H2,1H3,(H3,15,16). The molecule has 0 aliphatic rings. The molecule has 2 rings (SSSR count). The molecule has 0 bridgehead atoms. The van der Waals surface area contributed by atoms with Crippen molar-refractivity contribution in [2.45, 2.75) is 6.92 Å². The lowest BCUT2D eigenvalue weighted by molar-refractivity contribution is 0.321. The maximum Gasteiger partial charge on any atom is 0.169 e. The molecule has 0 spiro atoms. The third-order valence-electron chi connectivity index (χ3n) is 2.38. The fourth-order valence-corrected chi connectivity index (χ4v) is 1.56. The molecular formula is C14H15N3O2. The highest BCUT2D eigenvalue weighted by molar-refractivity contribution is 5.93. The van der Waals surface area contributed by atoms with E-state index < -0.39 is 0 Å². The molecule has 5 heteroatoms. The van der Waals surface area contributed by atoms with Gasteiger partial charge in [0.05, 0.1) is 6.61 Å². The predicted octanol–water partition coefficient (Wildman–Crippen LogP) is 2.56. The number of rotatable bonds is 5. The van der Waals surface area contributed by atoms with Crippen LogP contribution in [0.4, 0.5) is 0 Å². The Balaban J connectivity index is 2.26. The number of ether oxygens (including phenoxy) is 2. The minimum absolute atomic E-state index is 0.0939. The Labute approximate surface area is 111 Å². The molecule has 2 aromatic rings. The highest BCUT2D eigenvalue weighted by Gasteiger charge is 2.06. The number of para-hydroxylation sites is 2. The molecule has 0 unspecified atom stereocenters. The second-order valence-electron chi connectivity index (χ2n) is 3.77. The lowest BCUT2D eigenvalue weighted by Gasteiger charge is -2.11. The summed E-state index contributed by atoms with van der Waals surface area (Å²) >= 11 is 0. The van der Waals surface area contributed by atoms with Crippen LogP contribution < -0.4 is 15.2 Å². The molecule has 3 N–H and O–H groups in total. The Bertz CT molecular complexity index is 584. The maximum absolute atomic E-state index is 7.36. The van der Waals surface area contributed by atoms with Gasteiger partial charge in [-0.25, -0.2) is 0 Å². The van der Waals surface area contributed by atoms with Crippen molar-refractivity contribution < 1.29 is 9.47 Å². The fraction of sp³-hybridized carbons (Fsp3) is 0.143. The highest BCUT2D eigenvalue weighted by Crippen LogP contribution is 2.31. The number of nitrogen functional groups attached to an aromatic ring is 1. The summed E-state index contributed by atoms with van der Waals surface area (Å²) in [5, 5.41) is 7.36. The number of pyridine rings is 1. The highest BCUT2D eigenvalue weighted by atomic mass is 16.5. The first kappa shape index (κ1) is 12.9. The minimum atomic E-state index is -0.0939. The van der Waals surface area contributed by atoms with Gasteiger partial charge in [0.2, 0.25) is 0 Å². The van der Waals surface area contributed by atoms with E-state index in [1.807, 2.05) is 31.2 Å². The maximum atomic E-state index is 7.36. The van der Waals surface area contributed by atoms with Crippen molar-refractivity contribution in [1.29, 1.82) is 5.41 Å². The molecule has 5 nitrogen and oxygen atoms in total. The van der Waals surface area contributed by atoms with Gasteiger partial charge < -0.3 is 15.2 Å². The van der Waals surface area contributed by atoms with E-state index >= 15 is 0 Å². The van der Waals surface area contributed by atoms with Gasteiger partial charge in [-0.05, 0) is 25.1 Å². The van der Waals surface area contributed by atoms with Gasteiger partial charge in [-0.1, -0.05) is 12.1 Å². The van der Waals surface area contributed by atoms with Gasteiger partial charge in [0.1, 0.15) is 17.3 Å². The van der Waals surface area contributed by atoms with Crippen molar-refractivity contribution in [3.05, 3.63) is 48.3 Å². The number of nitrogens with zero attached hydrogens (tertiary/aromatic N) is 1. The molecule has 19 heavy (non-hydrogen) atoms. The molecule has 0 fully saturated rings. The first-order valence-electron chi connectivity index (χ1n) is 5.91. The van der Waals surface area contributed by atoms with E-state index in [0.29, 0.717) is 29.5 Å². The smallest absolute Gasteiger partial charge is 0.169 e. The average molecular weight is 257 g/mol. The zero-order valence-electron chi connectivity index (χ0n) is 10.6. The molecule has 0 saturated carbocycles. The molecule has 0 amide bonds. The SMILES string of the molecule is CCOc1ccccc1Oc1ccnc(C(=N)N)c1. The molecule has 0 radical (unpaired) electrons. The fourth-order valence-electron chi connectivity index (χ4n) is 1.56. The quantitative estimate of drug-likeness (QED) is 0.637. The first-order chi connectivity index (χ1) is 9.20. The van der Waals surface area contributed by atoms with Crippen LogP contribution in [-0.4, -0.2) is 17.4 Å². The van der Waals surface area contributed by atoms with E-state index in [1.165, 1.54) is 0 Å². The molecule has 1 aromatic carbocycles. The second-order valence-corrected chi connectivity index (χ2v) is 3.77. The normalized spacial score (nSPS) is 9.95. The van der Waals surface area contributed by atoms with Gasteiger partial charge in [0, 0.05) is 12.3 Å². The third-order valence-corrected chi connectivity index (χ3v) is 2.38. The lowest BCUT2D eigenvalue weighted by Crippen LogP contribution is -2.12. The summed E-state index contributed by atoms with van der Waals surface area (Å²) in [5.41, 5.74) is 5.78. The summed E-state index contributed by atoms with van der Waals surface area (Å²) in [5.74, 6) is 1.76. The summed E-state index contributed by atoms with van der Waals surface area (Å²) in [4.78, 5) is 3.98. The van der Waals surface area contributed by atoms with E-state index in [1.54, 1.807) is 18.3 Å². The Kier molecular flexibility index (Phi) is 3.97. The number of amidine groups is 1. The molecule has 0 saturated heterocycles. The van der Waals surface area contributed by atoms with Crippen molar-refractivity contribution in [2.24, 2.45) is 5.73 Å². The molecular weight excluding hydrogens is 242 g/mol. The molecule has 0 atom stereocenters. The Hall–Kier alpha value is -2.56. The van der Waals surface area contributed by atoms with Gasteiger partial charge in [-0.15, -0.1) is 0 Å². The Morgan fingerprint density at radius 2 is 2.00 bits per heavy atom. The third kappa shape index (κ3) is 3.22. The number of hydrogen-bond donors (Lipinski definition) is 2. The Morgan fingerprint density at radius 3 is 2.68 bits per heavy atom. The van der Waals surface area contributed by atoms with Crippen LogP contribution in [0.1, 0.15) is 12.6 Å². The van der Waals surface area contributed by atoms with Crippen molar-refractivity contribution in [3.8, 4) is 17.2 Å². The summed E-state index contributed by atoms with van der Waals surface area (Å²) in [6.07, 6.45) is 1.55. The van der Waals surface area contributed by atoms with Crippen LogP contribution in [0.15, 0.2) is 42.6 Å². The van der Waals surface area contributed by atoms with E-state index in [4.69, 9.17) is 20.6 Å². The van der Waals surface area contributed by atoms with Crippen molar-refractivity contribution in [2.75, 3.05) is 6.61 Å². The van der Waals surface area contributed by atoms with E-state index in [2.05, 4.69) is 4.98 Å². The van der Waals surface area contributed by atoms with Crippen LogP contribution in [0, 0.1) is 5.41 Å². The number of hydrogen-bond acceptors (Lipinski definition) is 4. The lowest BCUT2D eigenvalue weighted by atomic mass is 10.3. The van der Waals surface area contributed by atoms with Gasteiger partial charge in [0.15, 0.2) is 11.5 Å². The summed E-state index contributed by atoms with van der Waals surface area (Å²) < 4.78 is 11.2. The minimum Gasteiger partial charge on any atom is -0.490 e. The number of aromatic nitrogens is 1.